The van der Waals surface area contributed by atoms with Crippen LogP contribution in [-0.4, -0.2) is 11.7 Å². The first-order valence-corrected chi connectivity index (χ1v) is 4.68. The molecule has 0 saturated carbocycles. The maximum absolute atomic E-state index is 8.94. The Morgan fingerprint density at radius 1 is 1.15 bits per heavy atom. The highest BCUT2D eigenvalue weighted by atomic mass is 16.5. The van der Waals surface area contributed by atoms with Gasteiger partial charge < -0.3 is 9.84 Å². The average Bonchev–Trinajstić information content (AvgIpc) is 2.20. The number of benzene rings is 1. The summed E-state index contributed by atoms with van der Waals surface area (Å²) in [6.45, 7) is 7.30. The van der Waals surface area contributed by atoms with Crippen LogP contribution >= 0.6 is 0 Å². The van der Waals surface area contributed by atoms with Gasteiger partial charge in [-0.05, 0) is 24.6 Å². The van der Waals surface area contributed by atoms with Crippen LogP contribution in [0.3, 0.4) is 0 Å². The van der Waals surface area contributed by atoms with Crippen molar-refractivity contribution in [3.05, 3.63) is 29.8 Å². The Hall–Kier alpha value is -1.02. The predicted octanol–water partition coefficient (Wildman–Crippen LogP) is 2.95. The van der Waals surface area contributed by atoms with Gasteiger partial charge >= 0.3 is 0 Å². The Kier molecular flexibility index (Phi) is 7.02. The minimum atomic E-state index is 0.297. The largest absolute Gasteiger partial charge is 0.508 e. The fourth-order valence-electron chi connectivity index (χ4n) is 0.812. The maximum Gasteiger partial charge on any atom is 0.115 e. The Labute approximate surface area is 80.2 Å². The van der Waals surface area contributed by atoms with Gasteiger partial charge in [-0.25, -0.2) is 0 Å². The van der Waals surface area contributed by atoms with E-state index in [4.69, 9.17) is 9.84 Å². The van der Waals surface area contributed by atoms with E-state index in [1.807, 2.05) is 32.9 Å². The molecule has 0 radical (unpaired) electrons. The summed E-state index contributed by atoms with van der Waals surface area (Å²) in [4.78, 5) is 0. The second kappa shape index (κ2) is 7.62. The van der Waals surface area contributed by atoms with Crippen molar-refractivity contribution in [2.24, 2.45) is 0 Å². The van der Waals surface area contributed by atoms with E-state index in [0.29, 0.717) is 12.4 Å². The molecule has 0 aromatic heterocycles. The minimum Gasteiger partial charge on any atom is -0.508 e. The van der Waals surface area contributed by atoms with Crippen molar-refractivity contribution < 1.29 is 9.84 Å². The molecule has 1 aromatic rings. The number of rotatable bonds is 3. The van der Waals surface area contributed by atoms with Crippen molar-refractivity contribution in [1.29, 1.82) is 0 Å². The van der Waals surface area contributed by atoms with Gasteiger partial charge in [0.25, 0.3) is 0 Å². The molecule has 0 bridgehead atoms. The molecule has 0 aliphatic rings. The highest BCUT2D eigenvalue weighted by Gasteiger charge is 1.91. The highest BCUT2D eigenvalue weighted by Crippen LogP contribution is 2.09. The first-order chi connectivity index (χ1) is 6.33. The van der Waals surface area contributed by atoms with Gasteiger partial charge in [0, 0.05) is 6.61 Å². The molecule has 74 valence electrons. The molecule has 1 N–H and O–H groups in total. The first kappa shape index (κ1) is 12.0. The zero-order chi connectivity index (χ0) is 10.1. The zero-order valence-electron chi connectivity index (χ0n) is 8.58. The molecule has 13 heavy (non-hydrogen) atoms. The quantitative estimate of drug-likeness (QED) is 0.778. The van der Waals surface area contributed by atoms with E-state index in [1.165, 1.54) is 0 Å². The molecule has 0 amide bonds. The lowest BCUT2D eigenvalue weighted by molar-refractivity contribution is 0.134. The van der Waals surface area contributed by atoms with Gasteiger partial charge in [0.1, 0.15) is 5.75 Å². The number of hydrogen-bond donors (Lipinski definition) is 1. The molecule has 2 heteroatoms. The predicted molar refractivity (Wildman–Crippen MR) is 54.8 cm³/mol. The van der Waals surface area contributed by atoms with E-state index >= 15 is 0 Å². The third-order valence-electron chi connectivity index (χ3n) is 1.41. The maximum atomic E-state index is 8.94. The highest BCUT2D eigenvalue weighted by molar-refractivity contribution is 5.25. The van der Waals surface area contributed by atoms with E-state index in [2.05, 4.69) is 0 Å². The second-order valence-corrected chi connectivity index (χ2v) is 2.30. The van der Waals surface area contributed by atoms with E-state index in [9.17, 15) is 0 Å². The Balaban J connectivity index is 0.000000671. The summed E-state index contributed by atoms with van der Waals surface area (Å²) in [6.07, 6.45) is 0. The normalized spacial score (nSPS) is 8.85. The van der Waals surface area contributed by atoms with Crippen molar-refractivity contribution in [2.45, 2.75) is 27.4 Å². The minimum absolute atomic E-state index is 0.297. The van der Waals surface area contributed by atoms with Crippen LogP contribution in [0, 0.1) is 0 Å². The average molecular weight is 182 g/mol. The lowest BCUT2D eigenvalue weighted by Gasteiger charge is -2.00. The summed E-state index contributed by atoms with van der Waals surface area (Å²) < 4.78 is 5.18. The number of aromatic hydroxyl groups is 1. The van der Waals surface area contributed by atoms with Gasteiger partial charge in [0.2, 0.25) is 0 Å². The van der Waals surface area contributed by atoms with Crippen LogP contribution < -0.4 is 0 Å². The van der Waals surface area contributed by atoms with Gasteiger partial charge in [0.15, 0.2) is 0 Å². The number of phenolic OH excluding ortho intramolecular Hbond substituents is 1. The molecule has 1 rings (SSSR count). The topological polar surface area (TPSA) is 29.5 Å². The molecule has 0 spiro atoms. The van der Waals surface area contributed by atoms with Crippen LogP contribution in [-0.2, 0) is 11.3 Å². The Bertz CT molecular complexity index is 204. The summed E-state index contributed by atoms with van der Waals surface area (Å²) in [6, 6.07) is 7.03. The standard InChI is InChI=1S/C9H12O2.C2H6/c1-2-11-7-8-3-5-9(10)6-4-8;1-2/h3-6,10H,2,7H2,1H3;1-2H3. The number of ether oxygens (including phenoxy) is 1. The third-order valence-corrected chi connectivity index (χ3v) is 1.41. The van der Waals surface area contributed by atoms with Crippen molar-refractivity contribution in [3.8, 4) is 5.75 Å². The van der Waals surface area contributed by atoms with Crippen LogP contribution in [0.2, 0.25) is 0 Å². The fraction of sp³-hybridized carbons (Fsp3) is 0.455. The molecule has 2 nitrogen and oxygen atoms in total. The van der Waals surface area contributed by atoms with Gasteiger partial charge in [-0.1, -0.05) is 26.0 Å². The lowest BCUT2D eigenvalue weighted by atomic mass is 10.2. The lowest BCUT2D eigenvalue weighted by Crippen LogP contribution is -1.90. The van der Waals surface area contributed by atoms with Crippen LogP contribution in [0.5, 0.6) is 5.75 Å². The molecule has 0 aliphatic heterocycles. The smallest absolute Gasteiger partial charge is 0.115 e. The number of hydrogen-bond acceptors (Lipinski definition) is 2. The van der Waals surface area contributed by atoms with Gasteiger partial charge in [0.05, 0.1) is 6.61 Å². The van der Waals surface area contributed by atoms with E-state index in [1.54, 1.807) is 12.1 Å². The fourth-order valence-corrected chi connectivity index (χ4v) is 0.812. The zero-order valence-corrected chi connectivity index (χ0v) is 8.58. The van der Waals surface area contributed by atoms with E-state index < -0.39 is 0 Å². The second-order valence-electron chi connectivity index (χ2n) is 2.30. The van der Waals surface area contributed by atoms with Gasteiger partial charge in [-0.3, -0.25) is 0 Å². The van der Waals surface area contributed by atoms with Crippen LogP contribution in [0.25, 0.3) is 0 Å². The molecule has 0 heterocycles. The van der Waals surface area contributed by atoms with Crippen LogP contribution in [0.15, 0.2) is 24.3 Å². The van der Waals surface area contributed by atoms with Gasteiger partial charge in [-0.15, -0.1) is 0 Å². The molecule has 1 aromatic carbocycles. The molecule has 0 saturated heterocycles. The van der Waals surface area contributed by atoms with Crippen LogP contribution in [0.4, 0.5) is 0 Å². The Morgan fingerprint density at radius 3 is 2.15 bits per heavy atom. The molecule has 0 aliphatic carbocycles. The SMILES string of the molecule is CC.CCOCc1ccc(O)cc1. The summed E-state index contributed by atoms with van der Waals surface area (Å²) in [5.41, 5.74) is 1.09. The summed E-state index contributed by atoms with van der Waals surface area (Å²) >= 11 is 0. The van der Waals surface area contributed by atoms with Crippen molar-refractivity contribution in [2.75, 3.05) is 6.61 Å². The third kappa shape index (κ3) is 5.26. The summed E-state index contributed by atoms with van der Waals surface area (Å²) in [7, 11) is 0. The monoisotopic (exact) mass is 182 g/mol. The van der Waals surface area contributed by atoms with Crippen molar-refractivity contribution >= 4 is 0 Å². The molecule has 0 atom stereocenters. The van der Waals surface area contributed by atoms with E-state index in [0.717, 1.165) is 12.2 Å². The van der Waals surface area contributed by atoms with E-state index in [-0.39, 0.29) is 0 Å². The van der Waals surface area contributed by atoms with Crippen molar-refractivity contribution in [3.63, 3.8) is 0 Å². The molecule has 0 unspecified atom stereocenters. The van der Waals surface area contributed by atoms with Crippen molar-refractivity contribution in [1.82, 2.24) is 0 Å². The van der Waals surface area contributed by atoms with Gasteiger partial charge in [-0.2, -0.15) is 0 Å². The van der Waals surface area contributed by atoms with Crippen LogP contribution in [0.1, 0.15) is 26.3 Å². The summed E-state index contributed by atoms with van der Waals surface area (Å²) in [5.74, 6) is 0.297. The molecular formula is C11H18O2. The summed E-state index contributed by atoms with van der Waals surface area (Å²) in [5, 5.41) is 8.94. The molecule has 0 fully saturated rings. The molecular weight excluding hydrogens is 164 g/mol. The first-order valence-electron chi connectivity index (χ1n) is 4.68. The number of phenols is 1. The Morgan fingerprint density at radius 2 is 1.69 bits per heavy atom.